The van der Waals surface area contributed by atoms with E-state index >= 15 is 0 Å². The van der Waals surface area contributed by atoms with Gasteiger partial charge in [-0.25, -0.2) is 0 Å². The Balaban J connectivity index is 0.00000210. The average Bonchev–Trinajstić information content (AvgIpc) is 3.10. The first kappa shape index (κ1) is 19.1. The zero-order valence-corrected chi connectivity index (χ0v) is 16.1. The quantitative estimate of drug-likeness (QED) is 0.752. The molecule has 1 atom stereocenters. The van der Waals surface area contributed by atoms with Crippen LogP contribution in [0.4, 0.5) is 5.69 Å². The van der Waals surface area contributed by atoms with Crippen LogP contribution in [0.15, 0.2) is 55.0 Å². The number of nitrogens with zero attached hydrogens (tertiary/aromatic N) is 3. The average molecular weight is 383 g/mol. The van der Waals surface area contributed by atoms with Gasteiger partial charge in [-0.15, -0.1) is 12.4 Å². The van der Waals surface area contributed by atoms with E-state index in [0.717, 1.165) is 47.2 Å². The first-order valence-corrected chi connectivity index (χ1v) is 8.97. The molecule has 5 nitrogen and oxygen atoms in total. The van der Waals surface area contributed by atoms with Crippen LogP contribution >= 0.6 is 12.4 Å². The van der Waals surface area contributed by atoms with Gasteiger partial charge in [0.1, 0.15) is 0 Å². The summed E-state index contributed by atoms with van der Waals surface area (Å²) in [5.41, 5.74) is 4.20. The molecule has 3 aromatic rings. The van der Waals surface area contributed by atoms with E-state index in [1.807, 2.05) is 49.6 Å². The van der Waals surface area contributed by atoms with Crippen molar-refractivity contribution in [1.29, 1.82) is 0 Å². The Hall–Kier alpha value is -2.66. The number of halogens is 1. The van der Waals surface area contributed by atoms with Crippen molar-refractivity contribution >= 4 is 34.9 Å². The number of amides is 1. The third kappa shape index (κ3) is 4.55. The smallest absolute Gasteiger partial charge is 0.224 e. The van der Waals surface area contributed by atoms with Gasteiger partial charge in [0.25, 0.3) is 0 Å². The van der Waals surface area contributed by atoms with Crippen molar-refractivity contribution in [2.75, 3.05) is 18.0 Å². The van der Waals surface area contributed by atoms with E-state index in [0.29, 0.717) is 6.42 Å². The summed E-state index contributed by atoms with van der Waals surface area (Å²) in [6, 6.07) is 12.3. The van der Waals surface area contributed by atoms with Crippen LogP contribution in [0.3, 0.4) is 0 Å². The van der Waals surface area contributed by atoms with Crippen LogP contribution in [0.2, 0.25) is 0 Å². The highest BCUT2D eigenvalue weighted by molar-refractivity contribution is 5.85. The van der Waals surface area contributed by atoms with Gasteiger partial charge in [0.05, 0.1) is 23.8 Å². The number of rotatable bonds is 4. The Kier molecular flexibility index (Phi) is 5.91. The van der Waals surface area contributed by atoms with E-state index in [2.05, 4.69) is 26.3 Å². The van der Waals surface area contributed by atoms with Crippen LogP contribution < -0.4 is 10.2 Å². The van der Waals surface area contributed by atoms with E-state index < -0.39 is 0 Å². The number of carbonyl (C=O) groups excluding carboxylic acids is 1. The second-order valence-corrected chi connectivity index (χ2v) is 6.93. The summed E-state index contributed by atoms with van der Waals surface area (Å²) in [4.78, 5) is 23.3. The summed E-state index contributed by atoms with van der Waals surface area (Å²) in [5.74, 6) is 0.0644. The Morgan fingerprint density at radius 1 is 1.26 bits per heavy atom. The highest BCUT2D eigenvalue weighted by atomic mass is 35.5. The van der Waals surface area contributed by atoms with Gasteiger partial charge in [-0.1, -0.05) is 18.2 Å². The van der Waals surface area contributed by atoms with Crippen LogP contribution in [-0.2, 0) is 11.2 Å². The summed E-state index contributed by atoms with van der Waals surface area (Å²) >= 11 is 0. The van der Waals surface area contributed by atoms with E-state index in [4.69, 9.17) is 0 Å². The Morgan fingerprint density at radius 2 is 2.15 bits per heavy atom. The van der Waals surface area contributed by atoms with Crippen LogP contribution in [0, 0.1) is 6.92 Å². The van der Waals surface area contributed by atoms with E-state index in [1.54, 1.807) is 6.20 Å². The molecule has 0 saturated carbocycles. The SMILES string of the molecule is Cc1cncc(N2CC[C@@H](NC(=O)Cc3ccc4cccnc4c3)C2)c1.Cl. The van der Waals surface area contributed by atoms with E-state index in [9.17, 15) is 4.79 Å². The lowest BCUT2D eigenvalue weighted by molar-refractivity contribution is -0.121. The summed E-state index contributed by atoms with van der Waals surface area (Å²) < 4.78 is 0. The Morgan fingerprint density at radius 3 is 3.00 bits per heavy atom. The molecule has 1 aromatic carbocycles. The molecule has 1 amide bonds. The van der Waals surface area contributed by atoms with Crippen molar-refractivity contribution in [3.63, 3.8) is 0 Å². The van der Waals surface area contributed by atoms with Gasteiger partial charge in [0.2, 0.25) is 5.91 Å². The topological polar surface area (TPSA) is 58.1 Å². The van der Waals surface area contributed by atoms with Gasteiger partial charge in [-0.2, -0.15) is 0 Å². The Labute approximate surface area is 165 Å². The fraction of sp³-hybridized carbons (Fsp3) is 0.286. The molecular weight excluding hydrogens is 360 g/mol. The molecule has 140 valence electrons. The second kappa shape index (κ2) is 8.35. The predicted octanol–water partition coefficient (Wildman–Crippen LogP) is 3.30. The number of aromatic nitrogens is 2. The number of hydrogen-bond acceptors (Lipinski definition) is 4. The standard InChI is InChI=1S/C21H22N4O.ClH/c1-15-9-19(13-22-12-15)25-8-6-18(14-25)24-21(26)11-16-4-5-17-3-2-7-23-20(17)10-16;/h2-5,7,9-10,12-13,18H,6,8,11,14H2,1H3,(H,24,26);1H/t18-;/m1./s1. The fourth-order valence-electron chi connectivity index (χ4n) is 3.51. The largest absolute Gasteiger partial charge is 0.368 e. The number of carbonyl (C=O) groups is 1. The summed E-state index contributed by atoms with van der Waals surface area (Å²) in [5, 5.41) is 4.26. The molecule has 0 spiro atoms. The van der Waals surface area contributed by atoms with E-state index in [-0.39, 0.29) is 24.4 Å². The number of hydrogen-bond donors (Lipinski definition) is 1. The summed E-state index contributed by atoms with van der Waals surface area (Å²) in [7, 11) is 0. The van der Waals surface area contributed by atoms with Gasteiger partial charge < -0.3 is 10.2 Å². The lowest BCUT2D eigenvalue weighted by Gasteiger charge is -2.19. The van der Waals surface area contributed by atoms with Crippen molar-refractivity contribution in [2.45, 2.75) is 25.8 Å². The van der Waals surface area contributed by atoms with Crippen molar-refractivity contribution in [2.24, 2.45) is 0 Å². The normalized spacial score (nSPS) is 16.2. The maximum atomic E-state index is 12.4. The molecular formula is C21H23ClN4O. The van der Waals surface area contributed by atoms with Crippen molar-refractivity contribution in [3.05, 3.63) is 66.1 Å². The molecule has 0 radical (unpaired) electrons. The minimum absolute atomic E-state index is 0. The minimum Gasteiger partial charge on any atom is -0.368 e. The van der Waals surface area contributed by atoms with Gasteiger partial charge in [-0.05, 0) is 42.7 Å². The molecule has 0 unspecified atom stereocenters. The number of pyridine rings is 2. The second-order valence-electron chi connectivity index (χ2n) is 6.93. The first-order valence-electron chi connectivity index (χ1n) is 8.97. The van der Waals surface area contributed by atoms with Crippen molar-refractivity contribution < 1.29 is 4.79 Å². The zero-order chi connectivity index (χ0) is 17.9. The molecule has 2 aromatic heterocycles. The van der Waals surface area contributed by atoms with Gasteiger partial charge in [0, 0.05) is 36.9 Å². The molecule has 4 rings (SSSR count). The lowest BCUT2D eigenvalue weighted by atomic mass is 10.1. The summed E-state index contributed by atoms with van der Waals surface area (Å²) in [6.45, 7) is 3.82. The van der Waals surface area contributed by atoms with Crippen LogP contribution in [0.1, 0.15) is 17.5 Å². The van der Waals surface area contributed by atoms with Gasteiger partial charge in [-0.3, -0.25) is 14.8 Å². The molecule has 1 N–H and O–H groups in total. The third-order valence-corrected chi connectivity index (χ3v) is 4.81. The highest BCUT2D eigenvalue weighted by Gasteiger charge is 2.24. The molecule has 1 fully saturated rings. The van der Waals surface area contributed by atoms with Gasteiger partial charge in [0.15, 0.2) is 0 Å². The first-order chi connectivity index (χ1) is 12.7. The highest BCUT2D eigenvalue weighted by Crippen LogP contribution is 2.20. The fourth-order valence-corrected chi connectivity index (χ4v) is 3.51. The van der Waals surface area contributed by atoms with E-state index in [1.165, 1.54) is 0 Å². The molecule has 1 aliphatic heterocycles. The third-order valence-electron chi connectivity index (χ3n) is 4.81. The number of aryl methyl sites for hydroxylation is 1. The van der Waals surface area contributed by atoms with Gasteiger partial charge >= 0.3 is 0 Å². The Bertz CT molecular complexity index is 946. The van der Waals surface area contributed by atoms with Crippen LogP contribution in [-0.4, -0.2) is 35.0 Å². The van der Waals surface area contributed by atoms with Crippen molar-refractivity contribution in [1.82, 2.24) is 15.3 Å². The maximum absolute atomic E-state index is 12.4. The minimum atomic E-state index is 0. The summed E-state index contributed by atoms with van der Waals surface area (Å²) in [6.07, 6.45) is 6.87. The molecule has 6 heteroatoms. The van der Waals surface area contributed by atoms with Crippen molar-refractivity contribution in [3.8, 4) is 0 Å². The maximum Gasteiger partial charge on any atom is 0.224 e. The molecule has 3 heterocycles. The zero-order valence-electron chi connectivity index (χ0n) is 15.3. The number of nitrogens with one attached hydrogen (secondary N) is 1. The molecule has 27 heavy (non-hydrogen) atoms. The number of fused-ring (bicyclic) bond motifs is 1. The molecule has 0 bridgehead atoms. The number of benzene rings is 1. The predicted molar refractivity (Wildman–Crippen MR) is 110 cm³/mol. The molecule has 0 aliphatic carbocycles. The van der Waals surface area contributed by atoms with Crippen LogP contribution in [0.25, 0.3) is 10.9 Å². The molecule has 1 saturated heterocycles. The number of anilines is 1. The van der Waals surface area contributed by atoms with Crippen LogP contribution in [0.5, 0.6) is 0 Å². The monoisotopic (exact) mass is 382 g/mol. The molecule has 1 aliphatic rings. The lowest BCUT2D eigenvalue weighted by Crippen LogP contribution is -2.38.